The molecule has 0 fully saturated rings. The highest BCUT2D eigenvalue weighted by Gasteiger charge is 2.22. The van der Waals surface area contributed by atoms with Gasteiger partial charge in [-0.1, -0.05) is 0 Å². The van der Waals surface area contributed by atoms with Crippen molar-refractivity contribution in [2.24, 2.45) is 0 Å². The number of carboxylic acid groups (broad SMARTS) is 2. The van der Waals surface area contributed by atoms with E-state index in [1.807, 2.05) is 5.32 Å². The second kappa shape index (κ2) is 7.04. The van der Waals surface area contributed by atoms with Crippen LogP contribution in [0.5, 0.6) is 0 Å². The van der Waals surface area contributed by atoms with Crippen molar-refractivity contribution in [3.8, 4) is 0 Å². The van der Waals surface area contributed by atoms with Crippen LogP contribution in [0.4, 0.5) is 4.79 Å². The molecule has 9 nitrogen and oxygen atoms in total. The van der Waals surface area contributed by atoms with E-state index in [1.54, 1.807) is 0 Å². The van der Waals surface area contributed by atoms with E-state index in [4.69, 9.17) is 10.2 Å². The molecule has 0 saturated carbocycles. The van der Waals surface area contributed by atoms with Crippen molar-refractivity contribution in [2.45, 2.75) is 12.5 Å². The van der Waals surface area contributed by atoms with Crippen molar-refractivity contribution in [3.63, 3.8) is 0 Å². The maximum atomic E-state index is 11.1. The average Bonchev–Trinajstić information content (AvgIpc) is 2.24. The lowest BCUT2D eigenvalue weighted by Gasteiger charge is -2.12. The first-order chi connectivity index (χ1) is 7.86. The van der Waals surface area contributed by atoms with E-state index < -0.39 is 36.3 Å². The first kappa shape index (κ1) is 14.7. The Labute approximate surface area is 96.2 Å². The molecule has 0 radical (unpaired) electrons. The molecule has 0 unspecified atom stereocenters. The quantitative estimate of drug-likeness (QED) is 0.365. The van der Waals surface area contributed by atoms with Gasteiger partial charge < -0.3 is 26.2 Å². The molecule has 96 valence electrons. The average molecular weight is 247 g/mol. The first-order valence-electron chi connectivity index (χ1n) is 4.56. The van der Waals surface area contributed by atoms with Crippen molar-refractivity contribution in [2.75, 3.05) is 13.6 Å². The molecule has 0 rings (SSSR count). The molecule has 0 aromatic carbocycles. The molecule has 0 aliphatic carbocycles. The van der Waals surface area contributed by atoms with Gasteiger partial charge in [-0.2, -0.15) is 0 Å². The van der Waals surface area contributed by atoms with Gasteiger partial charge in [-0.25, -0.2) is 9.59 Å². The van der Waals surface area contributed by atoms with E-state index >= 15 is 0 Å². The summed E-state index contributed by atoms with van der Waals surface area (Å²) in [5, 5.41) is 23.2. The Hall–Kier alpha value is -2.32. The molecule has 0 spiro atoms. The Morgan fingerprint density at radius 2 is 1.76 bits per heavy atom. The number of urea groups is 1. The van der Waals surface area contributed by atoms with Crippen molar-refractivity contribution >= 4 is 23.9 Å². The Morgan fingerprint density at radius 3 is 2.18 bits per heavy atom. The summed E-state index contributed by atoms with van der Waals surface area (Å²) < 4.78 is 0. The van der Waals surface area contributed by atoms with Crippen LogP contribution < -0.4 is 16.0 Å². The zero-order chi connectivity index (χ0) is 13.4. The van der Waals surface area contributed by atoms with Crippen LogP contribution in [0.2, 0.25) is 0 Å². The van der Waals surface area contributed by atoms with Gasteiger partial charge in [0, 0.05) is 7.05 Å². The molecule has 0 aliphatic heterocycles. The minimum absolute atomic E-state index is 0.332. The summed E-state index contributed by atoms with van der Waals surface area (Å²) in [4.78, 5) is 42.7. The molecular formula is C8H13N3O6. The number of hydrogen-bond donors (Lipinski definition) is 5. The van der Waals surface area contributed by atoms with E-state index in [0.717, 1.165) is 0 Å². The number of likely N-dealkylation sites (N-methyl/N-ethyl adjacent to an activating group) is 1. The minimum Gasteiger partial charge on any atom is -0.481 e. The maximum Gasteiger partial charge on any atom is 0.326 e. The third-order valence-corrected chi connectivity index (χ3v) is 1.67. The zero-order valence-electron chi connectivity index (χ0n) is 9.02. The number of rotatable bonds is 6. The topological polar surface area (TPSA) is 145 Å². The predicted octanol–water partition coefficient (Wildman–Crippen LogP) is -2.04. The van der Waals surface area contributed by atoms with E-state index in [0.29, 0.717) is 0 Å². The highest BCUT2D eigenvalue weighted by molar-refractivity contribution is 5.88. The van der Waals surface area contributed by atoms with Crippen LogP contribution in [0.15, 0.2) is 0 Å². The van der Waals surface area contributed by atoms with Crippen LogP contribution in [0.25, 0.3) is 0 Å². The van der Waals surface area contributed by atoms with Gasteiger partial charge in [0.1, 0.15) is 6.04 Å². The van der Waals surface area contributed by atoms with Crippen LogP contribution in [0.3, 0.4) is 0 Å². The number of aliphatic carboxylic acids is 2. The van der Waals surface area contributed by atoms with Gasteiger partial charge in [-0.3, -0.25) is 9.59 Å². The van der Waals surface area contributed by atoms with Gasteiger partial charge in [0.25, 0.3) is 0 Å². The molecular weight excluding hydrogens is 234 g/mol. The van der Waals surface area contributed by atoms with Gasteiger partial charge in [-0.05, 0) is 0 Å². The van der Waals surface area contributed by atoms with Crippen LogP contribution >= 0.6 is 0 Å². The second-order valence-electron chi connectivity index (χ2n) is 2.99. The van der Waals surface area contributed by atoms with Crippen LogP contribution in [0, 0.1) is 0 Å². The largest absolute Gasteiger partial charge is 0.481 e. The fourth-order valence-corrected chi connectivity index (χ4v) is 0.833. The molecule has 0 aromatic heterocycles. The fraction of sp³-hybridized carbons (Fsp3) is 0.500. The van der Waals surface area contributed by atoms with Crippen LogP contribution in [-0.4, -0.2) is 53.7 Å². The molecule has 5 N–H and O–H groups in total. The summed E-state index contributed by atoms with van der Waals surface area (Å²) in [6, 6.07) is -2.47. The van der Waals surface area contributed by atoms with E-state index in [9.17, 15) is 19.2 Å². The molecule has 3 amide bonds. The summed E-state index contributed by atoms with van der Waals surface area (Å²) in [6.45, 7) is -0.332. The highest BCUT2D eigenvalue weighted by atomic mass is 16.4. The van der Waals surface area contributed by atoms with Crippen LogP contribution in [-0.2, 0) is 14.4 Å². The van der Waals surface area contributed by atoms with Crippen LogP contribution in [0.1, 0.15) is 6.42 Å². The number of nitrogens with one attached hydrogen (secondary N) is 3. The smallest absolute Gasteiger partial charge is 0.326 e. The standard InChI is InChI=1S/C8H13N3O6/c1-9-5(12)3-10-8(17)11-4(7(15)16)2-6(13)14/h4H,2-3H2,1H3,(H,9,12)(H,13,14)(H,15,16)(H2,10,11,17)/t4-/m0/s1. The summed E-state index contributed by atoms with van der Waals surface area (Å²) >= 11 is 0. The summed E-state index contributed by atoms with van der Waals surface area (Å²) in [5.74, 6) is -3.29. The summed E-state index contributed by atoms with van der Waals surface area (Å²) in [7, 11) is 1.37. The fourth-order valence-electron chi connectivity index (χ4n) is 0.833. The minimum atomic E-state index is -1.54. The van der Waals surface area contributed by atoms with Crippen molar-refractivity contribution in [3.05, 3.63) is 0 Å². The van der Waals surface area contributed by atoms with E-state index in [1.165, 1.54) is 7.05 Å². The van der Waals surface area contributed by atoms with Gasteiger partial charge in [-0.15, -0.1) is 0 Å². The highest BCUT2D eigenvalue weighted by Crippen LogP contribution is 1.92. The third-order valence-electron chi connectivity index (χ3n) is 1.67. The predicted molar refractivity (Wildman–Crippen MR) is 54.3 cm³/mol. The van der Waals surface area contributed by atoms with Crippen molar-refractivity contribution < 1.29 is 29.4 Å². The zero-order valence-corrected chi connectivity index (χ0v) is 9.02. The van der Waals surface area contributed by atoms with E-state index in [2.05, 4.69) is 10.6 Å². The lowest BCUT2D eigenvalue weighted by Crippen LogP contribution is -2.48. The Morgan fingerprint density at radius 1 is 1.18 bits per heavy atom. The summed E-state index contributed by atoms with van der Waals surface area (Å²) in [6.07, 6.45) is -0.747. The molecule has 0 saturated heterocycles. The number of carbonyl (C=O) groups is 4. The Kier molecular flexibility index (Phi) is 6.08. The number of hydrogen-bond acceptors (Lipinski definition) is 4. The number of carboxylic acids is 2. The SMILES string of the molecule is CNC(=O)CNC(=O)N[C@@H](CC(=O)O)C(=O)O. The molecule has 1 atom stereocenters. The van der Waals surface area contributed by atoms with Gasteiger partial charge in [0.15, 0.2) is 0 Å². The third kappa shape index (κ3) is 6.71. The van der Waals surface area contributed by atoms with E-state index in [-0.39, 0.29) is 6.54 Å². The number of amides is 3. The molecule has 17 heavy (non-hydrogen) atoms. The lowest BCUT2D eigenvalue weighted by molar-refractivity contribution is -0.145. The molecule has 0 aromatic rings. The molecule has 0 bridgehead atoms. The monoisotopic (exact) mass is 247 g/mol. The van der Waals surface area contributed by atoms with Gasteiger partial charge in [0.05, 0.1) is 13.0 Å². The van der Waals surface area contributed by atoms with Crippen molar-refractivity contribution in [1.29, 1.82) is 0 Å². The number of carbonyl (C=O) groups excluding carboxylic acids is 2. The van der Waals surface area contributed by atoms with Gasteiger partial charge >= 0.3 is 18.0 Å². The first-order valence-corrected chi connectivity index (χ1v) is 4.56. The lowest BCUT2D eigenvalue weighted by atomic mass is 10.2. The maximum absolute atomic E-state index is 11.1. The van der Waals surface area contributed by atoms with Crippen molar-refractivity contribution in [1.82, 2.24) is 16.0 Å². The molecule has 9 heteroatoms. The molecule has 0 aliphatic rings. The van der Waals surface area contributed by atoms with Gasteiger partial charge in [0.2, 0.25) is 5.91 Å². The molecule has 0 heterocycles. The Bertz CT molecular complexity index is 329. The second-order valence-corrected chi connectivity index (χ2v) is 2.99. The normalized spacial score (nSPS) is 11.1. The summed E-state index contributed by atoms with van der Waals surface area (Å²) in [5.41, 5.74) is 0. The Balaban J connectivity index is 4.17.